The third-order valence-corrected chi connectivity index (χ3v) is 1.60. The van der Waals surface area contributed by atoms with Crippen LogP contribution in [0.25, 0.3) is 0 Å². The van der Waals surface area contributed by atoms with Crippen molar-refractivity contribution in [2.24, 2.45) is 0 Å². The Balaban J connectivity index is 3.13. The molecule has 1 aromatic rings. The van der Waals surface area contributed by atoms with E-state index in [1.54, 1.807) is 0 Å². The van der Waals surface area contributed by atoms with Crippen molar-refractivity contribution < 1.29 is 9.18 Å². The van der Waals surface area contributed by atoms with Crippen molar-refractivity contribution in [3.8, 4) is 11.8 Å². The molecule has 0 saturated carbocycles. The number of halogens is 1. The van der Waals surface area contributed by atoms with E-state index in [0.717, 1.165) is 6.07 Å². The number of thiol groups is 1. The van der Waals surface area contributed by atoms with Gasteiger partial charge in [-0.2, -0.15) is 12.6 Å². The highest BCUT2D eigenvalue weighted by Crippen LogP contribution is 2.07. The zero-order chi connectivity index (χ0) is 9.68. The molecule has 0 spiro atoms. The van der Waals surface area contributed by atoms with E-state index in [4.69, 9.17) is 0 Å². The summed E-state index contributed by atoms with van der Waals surface area (Å²) in [6.45, 7) is 0. The van der Waals surface area contributed by atoms with Gasteiger partial charge in [0.25, 0.3) is 0 Å². The average molecular weight is 194 g/mol. The molecule has 13 heavy (non-hydrogen) atoms. The van der Waals surface area contributed by atoms with Crippen LogP contribution < -0.4 is 0 Å². The van der Waals surface area contributed by atoms with Crippen LogP contribution in [0, 0.1) is 17.7 Å². The first-order chi connectivity index (χ1) is 6.27. The van der Waals surface area contributed by atoms with E-state index in [9.17, 15) is 9.18 Å². The van der Waals surface area contributed by atoms with E-state index in [1.807, 2.05) is 0 Å². The predicted molar refractivity (Wildman–Crippen MR) is 52.5 cm³/mol. The minimum atomic E-state index is -0.432. The van der Waals surface area contributed by atoms with E-state index < -0.39 is 5.82 Å². The van der Waals surface area contributed by atoms with E-state index in [2.05, 4.69) is 24.5 Å². The number of rotatable bonds is 1. The fraction of sp³-hybridized carbons (Fsp3) is 0.100. The molecule has 0 aliphatic heterocycles. The summed E-state index contributed by atoms with van der Waals surface area (Å²) in [6, 6.07) is 3.92. The summed E-state index contributed by atoms with van der Waals surface area (Å²) < 4.78 is 12.6. The Morgan fingerprint density at radius 1 is 1.54 bits per heavy atom. The molecule has 0 bridgehead atoms. The van der Waals surface area contributed by atoms with E-state index >= 15 is 0 Å². The monoisotopic (exact) mass is 194 g/mol. The standard InChI is InChI=1S/C10H7FOS/c11-10-4-3-8(2-1-5-13)9(6-10)7-12/h3-4,6-7,13H,5H2. The second-order valence-electron chi connectivity index (χ2n) is 2.31. The SMILES string of the molecule is O=Cc1cc(F)ccc1C#CCS. The molecule has 66 valence electrons. The molecule has 0 fully saturated rings. The van der Waals surface area contributed by atoms with E-state index in [1.165, 1.54) is 12.1 Å². The largest absolute Gasteiger partial charge is 0.298 e. The van der Waals surface area contributed by atoms with Gasteiger partial charge in [0.1, 0.15) is 5.82 Å². The molecule has 0 heterocycles. The number of aldehydes is 1. The average Bonchev–Trinajstić information content (AvgIpc) is 2.16. The molecule has 1 aromatic carbocycles. The summed E-state index contributed by atoms with van der Waals surface area (Å²) in [6.07, 6.45) is 0.589. The lowest BCUT2D eigenvalue weighted by Crippen LogP contribution is -1.88. The highest BCUT2D eigenvalue weighted by atomic mass is 32.1. The van der Waals surface area contributed by atoms with Gasteiger partial charge >= 0.3 is 0 Å². The molecule has 0 atom stereocenters. The second-order valence-corrected chi connectivity index (χ2v) is 2.63. The number of hydrogen-bond acceptors (Lipinski definition) is 2. The Morgan fingerprint density at radius 3 is 2.92 bits per heavy atom. The van der Waals surface area contributed by atoms with Crippen LogP contribution in [0.2, 0.25) is 0 Å². The maximum absolute atomic E-state index is 12.6. The van der Waals surface area contributed by atoms with Crippen LogP contribution in [0.1, 0.15) is 15.9 Å². The Hall–Kier alpha value is -1.27. The number of carbonyl (C=O) groups is 1. The van der Waals surface area contributed by atoms with Crippen LogP contribution in [0.5, 0.6) is 0 Å². The first-order valence-corrected chi connectivity index (χ1v) is 4.25. The molecule has 0 N–H and O–H groups in total. The quantitative estimate of drug-likeness (QED) is 0.410. The lowest BCUT2D eigenvalue weighted by Gasteiger charge is -1.95. The van der Waals surface area contributed by atoms with Crippen LogP contribution >= 0.6 is 12.6 Å². The van der Waals surface area contributed by atoms with Gasteiger partial charge in [0.15, 0.2) is 6.29 Å². The number of carbonyl (C=O) groups excluding carboxylic acids is 1. The fourth-order valence-corrected chi connectivity index (χ4v) is 0.959. The van der Waals surface area contributed by atoms with Crippen molar-refractivity contribution in [3.05, 3.63) is 35.1 Å². The highest BCUT2D eigenvalue weighted by Gasteiger charge is 1.99. The summed E-state index contributed by atoms with van der Waals surface area (Å²) in [5.41, 5.74) is 0.805. The topological polar surface area (TPSA) is 17.1 Å². The van der Waals surface area contributed by atoms with Crippen LogP contribution in [0.15, 0.2) is 18.2 Å². The molecular formula is C10H7FOS. The number of benzene rings is 1. The predicted octanol–water partition coefficient (Wildman–Crippen LogP) is 1.92. The zero-order valence-corrected chi connectivity index (χ0v) is 7.64. The van der Waals surface area contributed by atoms with Crippen LogP contribution in [-0.2, 0) is 0 Å². The summed E-state index contributed by atoms with van der Waals surface area (Å²) in [7, 11) is 0. The Bertz CT molecular complexity index is 376. The molecule has 0 aliphatic carbocycles. The Morgan fingerprint density at radius 2 is 2.31 bits per heavy atom. The zero-order valence-electron chi connectivity index (χ0n) is 6.75. The molecule has 0 amide bonds. The summed E-state index contributed by atoms with van der Waals surface area (Å²) in [4.78, 5) is 10.5. The van der Waals surface area contributed by atoms with Crippen LogP contribution in [0.4, 0.5) is 4.39 Å². The van der Waals surface area contributed by atoms with Crippen molar-refractivity contribution in [2.75, 3.05) is 5.75 Å². The molecule has 0 radical (unpaired) electrons. The molecule has 3 heteroatoms. The van der Waals surface area contributed by atoms with Crippen LogP contribution in [-0.4, -0.2) is 12.0 Å². The van der Waals surface area contributed by atoms with Gasteiger partial charge in [0.2, 0.25) is 0 Å². The molecule has 0 aromatic heterocycles. The normalized spacial score (nSPS) is 8.77. The summed E-state index contributed by atoms with van der Waals surface area (Å²) in [5.74, 6) is 5.39. The van der Waals surface area contributed by atoms with Crippen molar-refractivity contribution in [1.82, 2.24) is 0 Å². The minimum Gasteiger partial charge on any atom is -0.298 e. The van der Waals surface area contributed by atoms with E-state index in [0.29, 0.717) is 17.6 Å². The van der Waals surface area contributed by atoms with E-state index in [-0.39, 0.29) is 5.56 Å². The molecule has 1 nitrogen and oxygen atoms in total. The van der Waals surface area contributed by atoms with Crippen molar-refractivity contribution in [3.63, 3.8) is 0 Å². The van der Waals surface area contributed by atoms with Crippen LogP contribution in [0.3, 0.4) is 0 Å². The Kier molecular flexibility index (Phi) is 3.53. The first kappa shape index (κ1) is 9.82. The van der Waals surface area contributed by atoms with Crippen molar-refractivity contribution in [2.45, 2.75) is 0 Å². The third-order valence-electron chi connectivity index (χ3n) is 1.44. The first-order valence-electron chi connectivity index (χ1n) is 3.62. The number of hydrogen-bond donors (Lipinski definition) is 1. The molecule has 0 aliphatic rings. The summed E-state index contributed by atoms with van der Waals surface area (Å²) in [5, 5.41) is 0. The molecule has 0 saturated heterocycles. The van der Waals surface area contributed by atoms with Crippen molar-refractivity contribution >= 4 is 18.9 Å². The highest BCUT2D eigenvalue weighted by molar-refractivity contribution is 7.80. The Labute approximate surface area is 81.4 Å². The van der Waals surface area contributed by atoms with Gasteiger partial charge in [0.05, 0.1) is 5.75 Å². The van der Waals surface area contributed by atoms with Gasteiger partial charge in [-0.25, -0.2) is 4.39 Å². The lowest BCUT2D eigenvalue weighted by molar-refractivity contribution is 0.112. The maximum atomic E-state index is 12.6. The third kappa shape index (κ3) is 2.60. The van der Waals surface area contributed by atoms with Gasteiger partial charge < -0.3 is 0 Å². The molecule has 1 rings (SSSR count). The second kappa shape index (κ2) is 4.68. The smallest absolute Gasteiger partial charge is 0.151 e. The summed E-state index contributed by atoms with van der Waals surface area (Å²) >= 11 is 3.90. The van der Waals surface area contributed by atoms with Gasteiger partial charge in [-0.15, -0.1) is 0 Å². The maximum Gasteiger partial charge on any atom is 0.151 e. The van der Waals surface area contributed by atoms with Crippen molar-refractivity contribution in [1.29, 1.82) is 0 Å². The van der Waals surface area contributed by atoms with Gasteiger partial charge in [-0.05, 0) is 18.2 Å². The van der Waals surface area contributed by atoms with Gasteiger partial charge in [-0.1, -0.05) is 11.8 Å². The van der Waals surface area contributed by atoms with Gasteiger partial charge in [0, 0.05) is 11.1 Å². The fourth-order valence-electron chi connectivity index (χ4n) is 0.880. The lowest BCUT2D eigenvalue weighted by atomic mass is 10.1. The molecular weight excluding hydrogens is 187 g/mol. The molecule has 0 unspecified atom stereocenters. The minimum absolute atomic E-state index is 0.272. The van der Waals surface area contributed by atoms with Gasteiger partial charge in [-0.3, -0.25) is 4.79 Å².